The van der Waals surface area contributed by atoms with Gasteiger partial charge in [0.2, 0.25) is 0 Å². The number of carboxylic acid groups (broad SMARTS) is 1. The number of hydrogen-bond donors (Lipinski definition) is 1. The van der Waals surface area contributed by atoms with Crippen molar-refractivity contribution in [1.29, 1.82) is 0 Å². The van der Waals surface area contributed by atoms with Crippen LogP contribution in [0.4, 0.5) is 4.39 Å². The lowest BCUT2D eigenvalue weighted by Crippen LogP contribution is -2.49. The summed E-state index contributed by atoms with van der Waals surface area (Å²) < 4.78 is 13.2. The van der Waals surface area contributed by atoms with E-state index in [0.717, 1.165) is 11.1 Å². The molecule has 1 aliphatic rings. The number of benzene rings is 2. The molecule has 1 fully saturated rings. The Morgan fingerprint density at radius 2 is 1.62 bits per heavy atom. The molecule has 5 nitrogen and oxygen atoms in total. The third-order valence-electron chi connectivity index (χ3n) is 4.61. The molecule has 26 heavy (non-hydrogen) atoms. The van der Waals surface area contributed by atoms with Gasteiger partial charge in [0, 0.05) is 38.3 Å². The molecule has 1 aliphatic heterocycles. The Morgan fingerprint density at radius 1 is 0.962 bits per heavy atom. The molecule has 1 saturated heterocycles. The lowest BCUT2D eigenvalue weighted by atomic mass is 9.98. The maximum Gasteiger partial charge on any atom is 0.304 e. The average molecular weight is 356 g/mol. The maximum absolute atomic E-state index is 13.2. The van der Waals surface area contributed by atoms with Crippen LogP contribution in [0.1, 0.15) is 16.8 Å². The Labute approximate surface area is 151 Å². The highest BCUT2D eigenvalue weighted by atomic mass is 19.1. The SMILES string of the molecule is O=C(O)CCN1CCN(C(=O)c2ccccc2-c2ccc(F)cc2)CC1. The number of halogens is 1. The van der Waals surface area contributed by atoms with E-state index in [2.05, 4.69) is 4.90 Å². The van der Waals surface area contributed by atoms with Gasteiger partial charge in [0.25, 0.3) is 5.91 Å². The Balaban J connectivity index is 1.71. The zero-order valence-corrected chi connectivity index (χ0v) is 14.4. The number of piperazine rings is 1. The summed E-state index contributed by atoms with van der Waals surface area (Å²) in [6, 6.07) is 13.5. The summed E-state index contributed by atoms with van der Waals surface area (Å²) >= 11 is 0. The molecule has 0 radical (unpaired) electrons. The van der Waals surface area contributed by atoms with E-state index in [1.165, 1.54) is 12.1 Å². The van der Waals surface area contributed by atoms with Crippen LogP contribution >= 0.6 is 0 Å². The van der Waals surface area contributed by atoms with Gasteiger partial charge in [-0.25, -0.2) is 4.39 Å². The molecule has 6 heteroatoms. The minimum Gasteiger partial charge on any atom is -0.481 e. The number of carbonyl (C=O) groups excluding carboxylic acids is 1. The summed E-state index contributed by atoms with van der Waals surface area (Å²) in [6.07, 6.45) is 0.112. The first-order valence-electron chi connectivity index (χ1n) is 8.63. The second-order valence-electron chi connectivity index (χ2n) is 6.33. The standard InChI is InChI=1S/C20H21FN2O3/c21-16-7-5-15(6-8-16)17-3-1-2-4-18(17)20(26)23-13-11-22(12-14-23)10-9-19(24)25/h1-8H,9-14H2,(H,24,25). The van der Waals surface area contributed by atoms with E-state index < -0.39 is 5.97 Å². The Morgan fingerprint density at radius 3 is 2.27 bits per heavy atom. The summed E-state index contributed by atoms with van der Waals surface area (Å²) in [5.41, 5.74) is 2.18. The first-order chi connectivity index (χ1) is 12.5. The third-order valence-corrected chi connectivity index (χ3v) is 4.61. The molecule has 1 heterocycles. The van der Waals surface area contributed by atoms with Crippen molar-refractivity contribution in [3.63, 3.8) is 0 Å². The topological polar surface area (TPSA) is 60.9 Å². The van der Waals surface area contributed by atoms with Crippen LogP contribution in [0.2, 0.25) is 0 Å². The monoisotopic (exact) mass is 356 g/mol. The summed E-state index contributed by atoms with van der Waals surface area (Å²) in [4.78, 5) is 27.5. The van der Waals surface area contributed by atoms with Gasteiger partial charge in [0.15, 0.2) is 0 Å². The van der Waals surface area contributed by atoms with Crippen molar-refractivity contribution in [3.05, 3.63) is 59.9 Å². The number of hydrogen-bond acceptors (Lipinski definition) is 3. The van der Waals surface area contributed by atoms with Crippen molar-refractivity contribution >= 4 is 11.9 Å². The van der Waals surface area contributed by atoms with Crippen LogP contribution in [0, 0.1) is 5.82 Å². The van der Waals surface area contributed by atoms with E-state index in [-0.39, 0.29) is 18.1 Å². The quantitative estimate of drug-likeness (QED) is 0.895. The molecule has 0 saturated carbocycles. The molecule has 3 rings (SSSR count). The van der Waals surface area contributed by atoms with Gasteiger partial charge < -0.3 is 10.0 Å². The highest BCUT2D eigenvalue weighted by molar-refractivity contribution is 6.01. The second-order valence-corrected chi connectivity index (χ2v) is 6.33. The lowest BCUT2D eigenvalue weighted by molar-refractivity contribution is -0.137. The Hall–Kier alpha value is -2.73. The van der Waals surface area contributed by atoms with E-state index in [1.807, 2.05) is 18.2 Å². The summed E-state index contributed by atoms with van der Waals surface area (Å²) in [5.74, 6) is -1.17. The fraction of sp³-hybridized carbons (Fsp3) is 0.300. The molecular formula is C20H21FN2O3. The molecule has 136 valence electrons. The highest BCUT2D eigenvalue weighted by Crippen LogP contribution is 2.25. The van der Waals surface area contributed by atoms with Gasteiger partial charge in [0.05, 0.1) is 6.42 Å². The summed E-state index contributed by atoms with van der Waals surface area (Å²) in [5, 5.41) is 8.77. The number of carbonyl (C=O) groups is 2. The Kier molecular flexibility index (Phi) is 5.63. The molecule has 2 aromatic rings. The van der Waals surface area contributed by atoms with Crippen LogP contribution in [0.5, 0.6) is 0 Å². The minimum absolute atomic E-state index is 0.0530. The molecule has 1 amide bonds. The van der Waals surface area contributed by atoms with Gasteiger partial charge in [-0.2, -0.15) is 0 Å². The van der Waals surface area contributed by atoms with E-state index in [1.54, 1.807) is 23.1 Å². The molecule has 0 atom stereocenters. The zero-order chi connectivity index (χ0) is 18.5. The number of amides is 1. The normalized spacial score (nSPS) is 15.0. The molecule has 0 aliphatic carbocycles. The van der Waals surface area contributed by atoms with Crippen molar-refractivity contribution in [3.8, 4) is 11.1 Å². The molecule has 0 aromatic heterocycles. The molecule has 0 spiro atoms. The minimum atomic E-state index is -0.809. The highest BCUT2D eigenvalue weighted by Gasteiger charge is 2.24. The smallest absolute Gasteiger partial charge is 0.304 e. The fourth-order valence-electron chi connectivity index (χ4n) is 3.15. The van der Waals surface area contributed by atoms with Crippen LogP contribution in [0.15, 0.2) is 48.5 Å². The van der Waals surface area contributed by atoms with Crippen LogP contribution in [0.25, 0.3) is 11.1 Å². The van der Waals surface area contributed by atoms with Crippen LogP contribution < -0.4 is 0 Å². The van der Waals surface area contributed by atoms with E-state index in [4.69, 9.17) is 5.11 Å². The van der Waals surface area contributed by atoms with Crippen molar-refractivity contribution in [2.45, 2.75) is 6.42 Å². The first kappa shape index (κ1) is 18.1. The van der Waals surface area contributed by atoms with Crippen molar-refractivity contribution in [1.82, 2.24) is 9.80 Å². The first-order valence-corrected chi connectivity index (χ1v) is 8.63. The van der Waals surface area contributed by atoms with Gasteiger partial charge in [-0.15, -0.1) is 0 Å². The largest absolute Gasteiger partial charge is 0.481 e. The van der Waals surface area contributed by atoms with Gasteiger partial charge in [-0.05, 0) is 29.3 Å². The van der Waals surface area contributed by atoms with Crippen molar-refractivity contribution in [2.24, 2.45) is 0 Å². The van der Waals surface area contributed by atoms with Crippen molar-refractivity contribution in [2.75, 3.05) is 32.7 Å². The molecular weight excluding hydrogens is 335 g/mol. The maximum atomic E-state index is 13.2. The second kappa shape index (κ2) is 8.10. The van der Waals surface area contributed by atoms with Gasteiger partial charge in [-0.3, -0.25) is 14.5 Å². The summed E-state index contributed by atoms with van der Waals surface area (Å²) in [7, 11) is 0. The van der Waals surface area contributed by atoms with Gasteiger partial charge >= 0.3 is 5.97 Å². The Bertz CT molecular complexity index is 784. The lowest BCUT2D eigenvalue weighted by Gasteiger charge is -2.34. The molecule has 0 unspecified atom stereocenters. The van der Waals surface area contributed by atoms with Crippen LogP contribution in [-0.2, 0) is 4.79 Å². The molecule has 0 bridgehead atoms. The van der Waals surface area contributed by atoms with Gasteiger partial charge in [0.1, 0.15) is 5.82 Å². The van der Waals surface area contributed by atoms with Crippen LogP contribution in [0.3, 0.4) is 0 Å². The number of carboxylic acids is 1. The van der Waals surface area contributed by atoms with Gasteiger partial charge in [-0.1, -0.05) is 30.3 Å². The predicted molar refractivity (Wildman–Crippen MR) is 96.4 cm³/mol. The van der Waals surface area contributed by atoms with E-state index >= 15 is 0 Å². The van der Waals surface area contributed by atoms with Crippen molar-refractivity contribution < 1.29 is 19.1 Å². The number of rotatable bonds is 5. The third kappa shape index (κ3) is 4.26. The predicted octanol–water partition coefficient (Wildman–Crippen LogP) is 2.73. The molecule has 1 N–H and O–H groups in total. The fourth-order valence-corrected chi connectivity index (χ4v) is 3.15. The van der Waals surface area contributed by atoms with E-state index in [9.17, 15) is 14.0 Å². The average Bonchev–Trinajstić information content (AvgIpc) is 2.67. The van der Waals surface area contributed by atoms with Crippen LogP contribution in [-0.4, -0.2) is 59.5 Å². The zero-order valence-electron chi connectivity index (χ0n) is 14.4. The number of nitrogens with zero attached hydrogens (tertiary/aromatic N) is 2. The molecule has 2 aromatic carbocycles. The van der Waals surface area contributed by atoms with E-state index in [0.29, 0.717) is 38.3 Å². The number of aliphatic carboxylic acids is 1. The summed E-state index contributed by atoms with van der Waals surface area (Å²) in [6.45, 7) is 2.96.